The van der Waals surface area contributed by atoms with Crippen molar-refractivity contribution in [3.05, 3.63) is 53.2 Å². The maximum absolute atomic E-state index is 12.9. The van der Waals surface area contributed by atoms with Gasteiger partial charge in [0.2, 0.25) is 5.91 Å². The first-order valence-corrected chi connectivity index (χ1v) is 10.1. The van der Waals surface area contributed by atoms with Gasteiger partial charge in [-0.1, -0.05) is 13.8 Å². The third-order valence-electron chi connectivity index (χ3n) is 4.32. The number of aromatic nitrogens is 1. The maximum atomic E-state index is 12.9. The van der Waals surface area contributed by atoms with Crippen LogP contribution in [0.1, 0.15) is 25.8 Å². The van der Waals surface area contributed by atoms with Crippen LogP contribution in [0.5, 0.6) is 5.75 Å². The fourth-order valence-corrected chi connectivity index (χ4v) is 3.61. The van der Waals surface area contributed by atoms with E-state index in [9.17, 15) is 4.79 Å². The van der Waals surface area contributed by atoms with Crippen molar-refractivity contribution >= 4 is 22.9 Å². The fourth-order valence-electron chi connectivity index (χ4n) is 2.94. The zero-order valence-electron chi connectivity index (χ0n) is 16.3. The summed E-state index contributed by atoms with van der Waals surface area (Å²) in [6.45, 7) is 4.89. The van der Waals surface area contributed by atoms with E-state index < -0.39 is 0 Å². The Morgan fingerprint density at radius 1 is 1.32 bits per heavy atom. The molecule has 0 saturated heterocycles. The fraction of sp³-hybridized carbons (Fsp3) is 0.333. The van der Waals surface area contributed by atoms with E-state index in [4.69, 9.17) is 9.15 Å². The first kappa shape index (κ1) is 20.1. The van der Waals surface area contributed by atoms with Crippen molar-refractivity contribution in [2.45, 2.75) is 32.9 Å². The second-order valence-corrected chi connectivity index (χ2v) is 7.74. The maximum Gasteiger partial charge on any atom is 0.241 e. The lowest BCUT2D eigenvalue weighted by Crippen LogP contribution is -2.41. The number of carbonyl (C=O) groups excluding carboxylic acids is 1. The number of amides is 1. The standard InChI is InChI=1S/C21H25N3O3S/c1-14(2)8-18(23-10-15-6-7-28-12-15)21(25)24-16-4-5-17(19(9-16)26-3)20-11-22-13-27-20/h4-7,9,11-14,18,23H,8,10H2,1-3H3,(H,24,25). The van der Waals surface area contributed by atoms with Crippen molar-refractivity contribution in [3.63, 3.8) is 0 Å². The Kier molecular flexibility index (Phi) is 6.84. The quantitative estimate of drug-likeness (QED) is 0.552. The van der Waals surface area contributed by atoms with E-state index in [1.807, 2.05) is 17.5 Å². The normalized spacial score (nSPS) is 12.1. The van der Waals surface area contributed by atoms with E-state index in [-0.39, 0.29) is 11.9 Å². The van der Waals surface area contributed by atoms with Gasteiger partial charge in [-0.3, -0.25) is 4.79 Å². The summed E-state index contributed by atoms with van der Waals surface area (Å²) < 4.78 is 10.8. The zero-order valence-corrected chi connectivity index (χ0v) is 17.1. The molecular weight excluding hydrogens is 374 g/mol. The smallest absolute Gasteiger partial charge is 0.241 e. The van der Waals surface area contributed by atoms with Crippen molar-refractivity contribution in [1.29, 1.82) is 0 Å². The summed E-state index contributed by atoms with van der Waals surface area (Å²) in [4.78, 5) is 16.8. The molecule has 2 heterocycles. The monoisotopic (exact) mass is 399 g/mol. The van der Waals surface area contributed by atoms with Crippen LogP contribution in [0.3, 0.4) is 0 Å². The zero-order chi connectivity index (χ0) is 19.9. The molecule has 148 valence electrons. The number of oxazole rings is 1. The minimum absolute atomic E-state index is 0.0570. The van der Waals surface area contributed by atoms with Gasteiger partial charge in [0.25, 0.3) is 0 Å². The highest BCUT2D eigenvalue weighted by Gasteiger charge is 2.20. The molecule has 2 aromatic heterocycles. The number of thiophene rings is 1. The minimum atomic E-state index is -0.278. The van der Waals surface area contributed by atoms with E-state index >= 15 is 0 Å². The number of ether oxygens (including phenoxy) is 1. The number of methoxy groups -OCH3 is 1. The van der Waals surface area contributed by atoms with Crippen molar-refractivity contribution in [2.75, 3.05) is 12.4 Å². The first-order valence-electron chi connectivity index (χ1n) is 9.19. The van der Waals surface area contributed by atoms with Crippen LogP contribution < -0.4 is 15.4 Å². The Labute approximate surface area is 168 Å². The molecule has 1 atom stereocenters. The van der Waals surface area contributed by atoms with E-state index in [0.717, 1.165) is 12.0 Å². The van der Waals surface area contributed by atoms with E-state index in [1.165, 1.54) is 12.0 Å². The van der Waals surface area contributed by atoms with Crippen molar-refractivity contribution in [2.24, 2.45) is 5.92 Å². The number of hydrogen-bond acceptors (Lipinski definition) is 6. The van der Waals surface area contributed by atoms with Gasteiger partial charge in [0, 0.05) is 18.3 Å². The second-order valence-electron chi connectivity index (χ2n) is 6.96. The van der Waals surface area contributed by atoms with Crippen LogP contribution in [0, 0.1) is 5.92 Å². The topological polar surface area (TPSA) is 76.4 Å². The van der Waals surface area contributed by atoms with Gasteiger partial charge in [-0.2, -0.15) is 11.3 Å². The molecule has 28 heavy (non-hydrogen) atoms. The number of hydrogen-bond donors (Lipinski definition) is 2. The van der Waals surface area contributed by atoms with Gasteiger partial charge in [-0.15, -0.1) is 0 Å². The highest BCUT2D eigenvalue weighted by atomic mass is 32.1. The molecule has 0 fully saturated rings. The van der Waals surface area contributed by atoms with Gasteiger partial charge in [-0.25, -0.2) is 4.98 Å². The third kappa shape index (κ3) is 5.21. The van der Waals surface area contributed by atoms with Crippen LogP contribution in [0.4, 0.5) is 5.69 Å². The molecule has 0 saturated carbocycles. The molecule has 2 N–H and O–H groups in total. The highest BCUT2D eigenvalue weighted by Crippen LogP contribution is 2.32. The van der Waals surface area contributed by atoms with Gasteiger partial charge >= 0.3 is 0 Å². The Morgan fingerprint density at radius 3 is 2.82 bits per heavy atom. The molecule has 6 nitrogen and oxygen atoms in total. The van der Waals surface area contributed by atoms with Crippen molar-refractivity contribution in [1.82, 2.24) is 10.3 Å². The Bertz CT molecular complexity index is 876. The molecule has 0 aliphatic heterocycles. The lowest BCUT2D eigenvalue weighted by atomic mass is 10.0. The summed E-state index contributed by atoms with van der Waals surface area (Å²) in [7, 11) is 1.59. The lowest BCUT2D eigenvalue weighted by molar-refractivity contribution is -0.118. The molecular formula is C21H25N3O3S. The molecule has 1 unspecified atom stereocenters. The molecule has 7 heteroatoms. The number of benzene rings is 1. The summed E-state index contributed by atoms with van der Waals surface area (Å²) in [5.74, 6) is 1.57. The van der Waals surface area contributed by atoms with Crippen LogP contribution in [-0.2, 0) is 11.3 Å². The predicted molar refractivity (Wildman–Crippen MR) is 112 cm³/mol. The number of rotatable bonds is 9. The van der Waals surface area contributed by atoms with Crippen molar-refractivity contribution in [3.8, 4) is 17.1 Å². The van der Waals surface area contributed by atoms with Crippen molar-refractivity contribution < 1.29 is 13.9 Å². The molecule has 0 bridgehead atoms. The lowest BCUT2D eigenvalue weighted by Gasteiger charge is -2.20. The van der Waals surface area contributed by atoms with E-state index in [2.05, 4.69) is 40.9 Å². The minimum Gasteiger partial charge on any atom is -0.496 e. The van der Waals surface area contributed by atoms with Gasteiger partial charge in [-0.05, 0) is 46.9 Å². The van der Waals surface area contributed by atoms with Gasteiger partial charge in [0.1, 0.15) is 5.75 Å². The molecule has 3 rings (SSSR count). The summed E-state index contributed by atoms with van der Waals surface area (Å²) in [5, 5.41) is 10.5. The summed E-state index contributed by atoms with van der Waals surface area (Å²) >= 11 is 1.65. The van der Waals surface area contributed by atoms with Crippen LogP contribution in [-0.4, -0.2) is 24.0 Å². The van der Waals surface area contributed by atoms with Crippen LogP contribution in [0.2, 0.25) is 0 Å². The average Bonchev–Trinajstić information content (AvgIpc) is 3.38. The molecule has 3 aromatic rings. The summed E-state index contributed by atoms with van der Waals surface area (Å²) in [5.41, 5.74) is 2.65. The average molecular weight is 400 g/mol. The summed E-state index contributed by atoms with van der Waals surface area (Å²) in [6, 6.07) is 7.27. The number of nitrogens with zero attached hydrogens (tertiary/aromatic N) is 1. The summed E-state index contributed by atoms with van der Waals surface area (Å²) in [6.07, 6.45) is 3.76. The molecule has 0 radical (unpaired) electrons. The molecule has 1 aromatic carbocycles. The molecule has 0 spiro atoms. The van der Waals surface area contributed by atoms with Crippen LogP contribution >= 0.6 is 11.3 Å². The van der Waals surface area contributed by atoms with Gasteiger partial charge in [0.05, 0.1) is 24.9 Å². The van der Waals surface area contributed by atoms with Crippen LogP contribution in [0.15, 0.2) is 52.0 Å². The molecule has 0 aliphatic carbocycles. The van der Waals surface area contributed by atoms with Crippen LogP contribution in [0.25, 0.3) is 11.3 Å². The second kappa shape index (κ2) is 9.52. The molecule has 1 amide bonds. The highest BCUT2D eigenvalue weighted by molar-refractivity contribution is 7.07. The number of carbonyl (C=O) groups is 1. The van der Waals surface area contributed by atoms with Gasteiger partial charge < -0.3 is 19.8 Å². The number of anilines is 1. The Balaban J connectivity index is 1.71. The van der Waals surface area contributed by atoms with E-state index in [0.29, 0.717) is 29.7 Å². The Hall–Kier alpha value is -2.64. The largest absolute Gasteiger partial charge is 0.496 e. The van der Waals surface area contributed by atoms with Gasteiger partial charge in [0.15, 0.2) is 12.2 Å². The number of nitrogens with one attached hydrogen (secondary N) is 2. The SMILES string of the molecule is COc1cc(NC(=O)C(CC(C)C)NCc2ccsc2)ccc1-c1cnco1. The predicted octanol–water partition coefficient (Wildman–Crippen LogP) is 4.55. The Morgan fingerprint density at radius 2 is 2.18 bits per heavy atom. The first-order chi connectivity index (χ1) is 13.6. The molecule has 0 aliphatic rings. The van der Waals surface area contributed by atoms with E-state index in [1.54, 1.807) is 30.7 Å². The third-order valence-corrected chi connectivity index (χ3v) is 5.06.